The predicted molar refractivity (Wildman–Crippen MR) is 97.4 cm³/mol. The number of nitrogens with one attached hydrogen (secondary N) is 1. The number of esters is 1. The SMILES string of the molecule is COC(=O)c1cccc(NC(=O)[C@H](C)Oc2ccc(Cl)c(C)c2)c1C. The van der Waals surface area contributed by atoms with E-state index in [0.29, 0.717) is 27.6 Å². The van der Waals surface area contributed by atoms with Crippen molar-refractivity contribution in [3.8, 4) is 5.75 Å². The third kappa shape index (κ3) is 4.51. The van der Waals surface area contributed by atoms with Crippen molar-refractivity contribution in [3.05, 3.63) is 58.1 Å². The molecule has 2 rings (SSSR count). The van der Waals surface area contributed by atoms with Crippen molar-refractivity contribution in [3.63, 3.8) is 0 Å². The van der Waals surface area contributed by atoms with E-state index in [1.807, 2.05) is 6.92 Å². The van der Waals surface area contributed by atoms with Crippen LogP contribution in [0.3, 0.4) is 0 Å². The van der Waals surface area contributed by atoms with Crippen LogP contribution in [0.4, 0.5) is 5.69 Å². The van der Waals surface area contributed by atoms with Gasteiger partial charge in [-0.15, -0.1) is 0 Å². The van der Waals surface area contributed by atoms with Gasteiger partial charge in [0.2, 0.25) is 0 Å². The van der Waals surface area contributed by atoms with Crippen LogP contribution in [0.25, 0.3) is 0 Å². The molecule has 0 saturated heterocycles. The minimum absolute atomic E-state index is 0.322. The number of anilines is 1. The van der Waals surface area contributed by atoms with Crippen molar-refractivity contribution >= 4 is 29.2 Å². The first-order chi connectivity index (χ1) is 11.8. The lowest BCUT2D eigenvalue weighted by Gasteiger charge is -2.17. The van der Waals surface area contributed by atoms with E-state index in [1.165, 1.54) is 7.11 Å². The molecule has 132 valence electrons. The van der Waals surface area contributed by atoms with E-state index in [2.05, 4.69) is 5.32 Å². The van der Waals surface area contributed by atoms with E-state index in [9.17, 15) is 9.59 Å². The summed E-state index contributed by atoms with van der Waals surface area (Å²) in [6.07, 6.45) is -0.721. The maximum atomic E-state index is 12.4. The number of aryl methyl sites for hydroxylation is 1. The second-order valence-electron chi connectivity index (χ2n) is 5.63. The number of ether oxygens (including phenoxy) is 2. The monoisotopic (exact) mass is 361 g/mol. The van der Waals surface area contributed by atoms with Crippen LogP contribution in [-0.4, -0.2) is 25.1 Å². The van der Waals surface area contributed by atoms with Crippen molar-refractivity contribution < 1.29 is 19.1 Å². The van der Waals surface area contributed by atoms with Crippen molar-refractivity contribution in [2.24, 2.45) is 0 Å². The molecule has 0 spiro atoms. The molecule has 0 unspecified atom stereocenters. The van der Waals surface area contributed by atoms with Gasteiger partial charge in [-0.2, -0.15) is 0 Å². The summed E-state index contributed by atoms with van der Waals surface area (Å²) in [4.78, 5) is 24.1. The molecule has 1 amide bonds. The molecule has 0 heterocycles. The lowest BCUT2D eigenvalue weighted by molar-refractivity contribution is -0.122. The molecule has 0 fully saturated rings. The highest BCUT2D eigenvalue weighted by Crippen LogP contribution is 2.23. The number of halogens is 1. The molecular formula is C19H20ClNO4. The maximum absolute atomic E-state index is 12.4. The Morgan fingerprint density at radius 2 is 1.88 bits per heavy atom. The summed E-state index contributed by atoms with van der Waals surface area (Å²) in [5.41, 5.74) is 2.45. The third-order valence-electron chi connectivity index (χ3n) is 3.81. The lowest BCUT2D eigenvalue weighted by Crippen LogP contribution is -2.30. The van der Waals surface area contributed by atoms with Crippen LogP contribution in [0.1, 0.15) is 28.4 Å². The van der Waals surface area contributed by atoms with Gasteiger partial charge in [0.1, 0.15) is 5.75 Å². The quantitative estimate of drug-likeness (QED) is 0.812. The Morgan fingerprint density at radius 1 is 1.16 bits per heavy atom. The Kier molecular flexibility index (Phi) is 6.04. The first-order valence-electron chi connectivity index (χ1n) is 7.75. The summed E-state index contributed by atoms with van der Waals surface area (Å²) >= 11 is 5.98. The fourth-order valence-electron chi connectivity index (χ4n) is 2.28. The van der Waals surface area contributed by atoms with Gasteiger partial charge >= 0.3 is 5.97 Å². The van der Waals surface area contributed by atoms with E-state index >= 15 is 0 Å². The first-order valence-corrected chi connectivity index (χ1v) is 8.13. The van der Waals surface area contributed by atoms with Crippen molar-refractivity contribution in [2.75, 3.05) is 12.4 Å². The van der Waals surface area contributed by atoms with Crippen LogP contribution < -0.4 is 10.1 Å². The van der Waals surface area contributed by atoms with Crippen LogP contribution in [0, 0.1) is 13.8 Å². The van der Waals surface area contributed by atoms with Gasteiger partial charge in [0.05, 0.1) is 12.7 Å². The number of hydrogen-bond acceptors (Lipinski definition) is 4. The number of amides is 1. The Morgan fingerprint density at radius 3 is 2.52 bits per heavy atom. The molecule has 6 heteroatoms. The van der Waals surface area contributed by atoms with Crippen molar-refractivity contribution in [1.29, 1.82) is 0 Å². The maximum Gasteiger partial charge on any atom is 0.338 e. The van der Waals surface area contributed by atoms with Gasteiger partial charge in [0.15, 0.2) is 6.10 Å². The Labute approximate surface area is 151 Å². The lowest BCUT2D eigenvalue weighted by atomic mass is 10.1. The Hall–Kier alpha value is -2.53. The number of methoxy groups -OCH3 is 1. The number of rotatable bonds is 5. The highest BCUT2D eigenvalue weighted by molar-refractivity contribution is 6.31. The minimum atomic E-state index is -0.721. The molecule has 0 aliphatic rings. The topological polar surface area (TPSA) is 64.6 Å². The zero-order valence-electron chi connectivity index (χ0n) is 14.6. The molecule has 0 aliphatic heterocycles. The first kappa shape index (κ1) is 18.8. The fraction of sp³-hybridized carbons (Fsp3) is 0.263. The predicted octanol–water partition coefficient (Wildman–Crippen LogP) is 4.15. The average molecular weight is 362 g/mol. The summed E-state index contributed by atoms with van der Waals surface area (Å²) in [6.45, 7) is 5.26. The van der Waals surface area contributed by atoms with Crippen LogP contribution >= 0.6 is 11.6 Å². The second-order valence-corrected chi connectivity index (χ2v) is 6.04. The van der Waals surface area contributed by atoms with Gasteiger partial charge in [-0.1, -0.05) is 17.7 Å². The highest BCUT2D eigenvalue weighted by Gasteiger charge is 2.18. The van der Waals surface area contributed by atoms with Gasteiger partial charge < -0.3 is 14.8 Å². The molecular weight excluding hydrogens is 342 g/mol. The van der Waals surface area contributed by atoms with E-state index in [1.54, 1.807) is 50.2 Å². The van der Waals surface area contributed by atoms with E-state index < -0.39 is 12.1 Å². The summed E-state index contributed by atoms with van der Waals surface area (Å²) in [6, 6.07) is 10.3. The van der Waals surface area contributed by atoms with Crippen LogP contribution in [0.5, 0.6) is 5.75 Å². The largest absolute Gasteiger partial charge is 0.481 e. The van der Waals surface area contributed by atoms with Gasteiger partial charge in [-0.25, -0.2) is 4.79 Å². The number of carbonyl (C=O) groups excluding carboxylic acids is 2. The summed E-state index contributed by atoms with van der Waals surface area (Å²) in [5.74, 6) is -0.211. The molecule has 25 heavy (non-hydrogen) atoms. The van der Waals surface area contributed by atoms with Gasteiger partial charge in [-0.05, 0) is 62.2 Å². The van der Waals surface area contributed by atoms with Crippen molar-refractivity contribution in [2.45, 2.75) is 26.9 Å². The molecule has 0 saturated carbocycles. The molecule has 1 N–H and O–H groups in total. The number of carbonyl (C=O) groups is 2. The number of benzene rings is 2. The summed E-state index contributed by atoms with van der Waals surface area (Å²) in [7, 11) is 1.32. The Balaban J connectivity index is 2.11. The molecule has 0 radical (unpaired) electrons. The highest BCUT2D eigenvalue weighted by atomic mass is 35.5. The normalized spacial score (nSPS) is 11.6. The Bertz CT molecular complexity index is 804. The molecule has 1 atom stereocenters. The zero-order valence-corrected chi connectivity index (χ0v) is 15.3. The van der Waals surface area contributed by atoms with E-state index in [0.717, 1.165) is 5.56 Å². The molecule has 2 aromatic carbocycles. The van der Waals surface area contributed by atoms with Crippen LogP contribution in [0.2, 0.25) is 5.02 Å². The van der Waals surface area contributed by atoms with E-state index in [-0.39, 0.29) is 5.91 Å². The molecule has 2 aromatic rings. The van der Waals surface area contributed by atoms with Gasteiger partial charge in [-0.3, -0.25) is 4.79 Å². The van der Waals surface area contributed by atoms with Crippen LogP contribution in [-0.2, 0) is 9.53 Å². The van der Waals surface area contributed by atoms with Gasteiger partial charge in [0, 0.05) is 10.7 Å². The number of hydrogen-bond donors (Lipinski definition) is 1. The van der Waals surface area contributed by atoms with E-state index in [4.69, 9.17) is 21.1 Å². The smallest absolute Gasteiger partial charge is 0.338 e. The minimum Gasteiger partial charge on any atom is -0.481 e. The molecule has 0 bridgehead atoms. The summed E-state index contributed by atoms with van der Waals surface area (Å²) in [5, 5.41) is 3.42. The van der Waals surface area contributed by atoms with Crippen molar-refractivity contribution in [1.82, 2.24) is 0 Å². The summed E-state index contributed by atoms with van der Waals surface area (Å²) < 4.78 is 10.4. The third-order valence-corrected chi connectivity index (χ3v) is 4.23. The molecule has 5 nitrogen and oxygen atoms in total. The van der Waals surface area contributed by atoms with Gasteiger partial charge in [0.25, 0.3) is 5.91 Å². The zero-order chi connectivity index (χ0) is 18.6. The van der Waals surface area contributed by atoms with Crippen LogP contribution in [0.15, 0.2) is 36.4 Å². The average Bonchev–Trinajstić information content (AvgIpc) is 2.59. The standard InChI is InChI=1S/C19H20ClNO4/c1-11-10-14(8-9-16(11)20)25-13(3)18(22)21-17-7-5-6-15(12(17)2)19(23)24-4/h5-10,13H,1-4H3,(H,21,22)/t13-/m0/s1. The molecule has 0 aromatic heterocycles. The fourth-order valence-corrected chi connectivity index (χ4v) is 2.40. The molecule has 0 aliphatic carbocycles. The second kappa shape index (κ2) is 8.03.